The summed E-state index contributed by atoms with van der Waals surface area (Å²) in [6.07, 6.45) is 3.19. The van der Waals surface area contributed by atoms with Gasteiger partial charge in [0.2, 0.25) is 5.88 Å². The SMILES string of the molecule is COc1nc(SC)ncc1CC(=O)O. The van der Waals surface area contributed by atoms with Gasteiger partial charge in [-0.3, -0.25) is 4.79 Å². The zero-order valence-electron chi connectivity index (χ0n) is 7.85. The first-order valence-electron chi connectivity index (χ1n) is 3.83. The Morgan fingerprint density at radius 2 is 2.43 bits per heavy atom. The number of methoxy groups -OCH3 is 1. The van der Waals surface area contributed by atoms with Crippen molar-refractivity contribution in [2.75, 3.05) is 13.4 Å². The van der Waals surface area contributed by atoms with Crippen LogP contribution in [0.5, 0.6) is 5.88 Å². The molecule has 0 spiro atoms. The normalized spacial score (nSPS) is 9.86. The summed E-state index contributed by atoms with van der Waals surface area (Å²) >= 11 is 1.38. The minimum absolute atomic E-state index is 0.127. The van der Waals surface area contributed by atoms with Crippen LogP contribution in [0.2, 0.25) is 0 Å². The molecule has 0 atom stereocenters. The number of thioether (sulfide) groups is 1. The number of carboxylic acid groups (broad SMARTS) is 1. The van der Waals surface area contributed by atoms with Crippen molar-refractivity contribution in [3.63, 3.8) is 0 Å². The molecule has 1 heterocycles. The molecule has 76 valence electrons. The Kier molecular flexibility index (Phi) is 3.70. The molecule has 0 aliphatic rings. The summed E-state index contributed by atoms with van der Waals surface area (Å²) in [5, 5.41) is 9.16. The van der Waals surface area contributed by atoms with Crippen LogP contribution in [-0.2, 0) is 11.2 Å². The first kappa shape index (κ1) is 10.8. The second-order valence-electron chi connectivity index (χ2n) is 2.46. The van der Waals surface area contributed by atoms with E-state index >= 15 is 0 Å². The number of hydrogen-bond donors (Lipinski definition) is 1. The molecule has 0 bridgehead atoms. The maximum atomic E-state index is 10.5. The molecule has 5 nitrogen and oxygen atoms in total. The zero-order valence-corrected chi connectivity index (χ0v) is 8.67. The summed E-state index contributed by atoms with van der Waals surface area (Å²) < 4.78 is 4.96. The smallest absolute Gasteiger partial charge is 0.308 e. The number of aliphatic carboxylic acids is 1. The van der Waals surface area contributed by atoms with E-state index in [1.807, 2.05) is 6.26 Å². The Hall–Kier alpha value is -1.30. The highest BCUT2D eigenvalue weighted by Crippen LogP contribution is 2.18. The molecule has 0 aliphatic heterocycles. The van der Waals surface area contributed by atoms with Crippen LogP contribution in [0.15, 0.2) is 11.4 Å². The molecule has 0 saturated heterocycles. The van der Waals surface area contributed by atoms with Crippen molar-refractivity contribution in [1.29, 1.82) is 0 Å². The molecular formula is C8H10N2O3S. The number of carboxylic acids is 1. The fraction of sp³-hybridized carbons (Fsp3) is 0.375. The largest absolute Gasteiger partial charge is 0.481 e. The molecule has 0 radical (unpaired) electrons. The maximum absolute atomic E-state index is 10.5. The molecule has 0 unspecified atom stereocenters. The van der Waals surface area contributed by atoms with Gasteiger partial charge in [-0.2, -0.15) is 4.98 Å². The average Bonchev–Trinajstić information content (AvgIpc) is 2.17. The van der Waals surface area contributed by atoms with Gasteiger partial charge < -0.3 is 9.84 Å². The number of ether oxygens (including phenoxy) is 1. The summed E-state index contributed by atoms with van der Waals surface area (Å²) in [6, 6.07) is 0. The van der Waals surface area contributed by atoms with Crippen LogP contribution in [0.4, 0.5) is 0 Å². The van der Waals surface area contributed by atoms with E-state index in [1.54, 1.807) is 0 Å². The quantitative estimate of drug-likeness (QED) is 0.591. The number of rotatable bonds is 4. The lowest BCUT2D eigenvalue weighted by Gasteiger charge is -2.05. The minimum Gasteiger partial charge on any atom is -0.481 e. The van der Waals surface area contributed by atoms with E-state index in [1.165, 1.54) is 25.1 Å². The van der Waals surface area contributed by atoms with Crippen LogP contribution in [0.3, 0.4) is 0 Å². The Bertz CT molecular complexity index is 343. The third kappa shape index (κ3) is 2.59. The van der Waals surface area contributed by atoms with Crippen molar-refractivity contribution in [3.05, 3.63) is 11.8 Å². The van der Waals surface area contributed by atoms with Crippen molar-refractivity contribution in [1.82, 2.24) is 9.97 Å². The van der Waals surface area contributed by atoms with Gasteiger partial charge in [0.05, 0.1) is 13.5 Å². The van der Waals surface area contributed by atoms with Crippen LogP contribution in [0.1, 0.15) is 5.56 Å². The van der Waals surface area contributed by atoms with E-state index in [4.69, 9.17) is 9.84 Å². The van der Waals surface area contributed by atoms with E-state index in [0.717, 1.165) is 0 Å². The Morgan fingerprint density at radius 1 is 1.71 bits per heavy atom. The number of hydrogen-bond acceptors (Lipinski definition) is 5. The molecular weight excluding hydrogens is 204 g/mol. The molecule has 0 aliphatic carbocycles. The number of aromatic nitrogens is 2. The number of nitrogens with zero attached hydrogens (tertiary/aromatic N) is 2. The summed E-state index contributed by atoms with van der Waals surface area (Å²) in [7, 11) is 1.46. The highest BCUT2D eigenvalue weighted by molar-refractivity contribution is 7.98. The Balaban J connectivity index is 2.98. The molecule has 1 aromatic rings. The lowest BCUT2D eigenvalue weighted by molar-refractivity contribution is -0.136. The molecule has 14 heavy (non-hydrogen) atoms. The molecule has 0 aromatic carbocycles. The van der Waals surface area contributed by atoms with Gasteiger partial charge in [-0.15, -0.1) is 0 Å². The van der Waals surface area contributed by atoms with Crippen molar-refractivity contribution < 1.29 is 14.6 Å². The van der Waals surface area contributed by atoms with Crippen molar-refractivity contribution in [2.24, 2.45) is 0 Å². The van der Waals surface area contributed by atoms with E-state index in [9.17, 15) is 4.79 Å². The van der Waals surface area contributed by atoms with Crippen LogP contribution in [0.25, 0.3) is 0 Å². The highest BCUT2D eigenvalue weighted by atomic mass is 32.2. The monoisotopic (exact) mass is 214 g/mol. The Morgan fingerprint density at radius 3 is 2.93 bits per heavy atom. The second-order valence-corrected chi connectivity index (χ2v) is 3.24. The van der Waals surface area contributed by atoms with Crippen molar-refractivity contribution >= 4 is 17.7 Å². The second kappa shape index (κ2) is 4.80. The van der Waals surface area contributed by atoms with E-state index in [-0.39, 0.29) is 6.42 Å². The van der Waals surface area contributed by atoms with Crippen LogP contribution in [0, 0.1) is 0 Å². The molecule has 1 aromatic heterocycles. The molecule has 1 rings (SSSR count). The fourth-order valence-corrected chi connectivity index (χ4v) is 1.27. The third-order valence-electron chi connectivity index (χ3n) is 1.52. The van der Waals surface area contributed by atoms with Gasteiger partial charge in [-0.1, -0.05) is 11.8 Å². The topological polar surface area (TPSA) is 72.3 Å². The average molecular weight is 214 g/mol. The third-order valence-corrected chi connectivity index (χ3v) is 2.08. The molecule has 0 fully saturated rings. The summed E-state index contributed by atoms with van der Waals surface area (Å²) in [5.74, 6) is -0.601. The first-order chi connectivity index (χ1) is 6.67. The van der Waals surface area contributed by atoms with Gasteiger partial charge >= 0.3 is 5.97 Å². The van der Waals surface area contributed by atoms with Gasteiger partial charge in [0, 0.05) is 11.8 Å². The summed E-state index contributed by atoms with van der Waals surface area (Å²) in [6.45, 7) is 0. The standard InChI is InChI=1S/C8H10N2O3S/c1-13-7-5(3-6(11)12)4-9-8(10-7)14-2/h4H,3H2,1-2H3,(H,11,12). The first-order valence-corrected chi connectivity index (χ1v) is 5.05. The summed E-state index contributed by atoms with van der Waals surface area (Å²) in [4.78, 5) is 18.5. The minimum atomic E-state index is -0.927. The van der Waals surface area contributed by atoms with Gasteiger partial charge in [-0.25, -0.2) is 4.98 Å². The predicted octanol–water partition coefficient (Wildman–Crippen LogP) is 0.834. The van der Waals surface area contributed by atoms with Crippen LogP contribution < -0.4 is 4.74 Å². The molecule has 1 N–H and O–H groups in total. The van der Waals surface area contributed by atoms with Gasteiger partial charge in [-0.05, 0) is 6.26 Å². The van der Waals surface area contributed by atoms with Crippen LogP contribution >= 0.6 is 11.8 Å². The predicted molar refractivity (Wildman–Crippen MR) is 51.7 cm³/mol. The van der Waals surface area contributed by atoms with Crippen molar-refractivity contribution in [2.45, 2.75) is 11.6 Å². The number of carbonyl (C=O) groups is 1. The lowest BCUT2D eigenvalue weighted by atomic mass is 10.2. The van der Waals surface area contributed by atoms with E-state index in [0.29, 0.717) is 16.6 Å². The van der Waals surface area contributed by atoms with Crippen molar-refractivity contribution in [3.8, 4) is 5.88 Å². The van der Waals surface area contributed by atoms with Crippen LogP contribution in [-0.4, -0.2) is 34.4 Å². The van der Waals surface area contributed by atoms with Gasteiger partial charge in [0.15, 0.2) is 5.16 Å². The van der Waals surface area contributed by atoms with Gasteiger partial charge in [0.25, 0.3) is 0 Å². The van der Waals surface area contributed by atoms with E-state index in [2.05, 4.69) is 9.97 Å². The van der Waals surface area contributed by atoms with E-state index < -0.39 is 5.97 Å². The maximum Gasteiger partial charge on any atom is 0.308 e. The fourth-order valence-electron chi connectivity index (χ4n) is 0.935. The highest BCUT2D eigenvalue weighted by Gasteiger charge is 2.10. The molecule has 6 heteroatoms. The Labute approximate surface area is 85.5 Å². The lowest BCUT2D eigenvalue weighted by Crippen LogP contribution is -2.05. The van der Waals surface area contributed by atoms with Gasteiger partial charge in [0.1, 0.15) is 0 Å². The molecule has 0 amide bonds. The summed E-state index contributed by atoms with van der Waals surface area (Å²) in [5.41, 5.74) is 0.484. The molecule has 0 saturated carbocycles. The zero-order chi connectivity index (χ0) is 10.6.